The van der Waals surface area contributed by atoms with E-state index in [1.54, 1.807) is 20.0 Å². The number of dihydropyridines is 1. The second-order valence-corrected chi connectivity index (χ2v) is 7.05. The number of aliphatic carboxylic acids is 1. The van der Waals surface area contributed by atoms with Crippen molar-refractivity contribution in [3.8, 4) is 0 Å². The molecule has 0 bridgehead atoms. The van der Waals surface area contributed by atoms with Crippen LogP contribution in [0, 0.1) is 10.1 Å². The zero-order valence-electron chi connectivity index (χ0n) is 18.4. The van der Waals surface area contributed by atoms with Crippen LogP contribution in [0.4, 0.5) is 5.69 Å². The van der Waals surface area contributed by atoms with Crippen molar-refractivity contribution in [1.82, 2.24) is 15.3 Å². The summed E-state index contributed by atoms with van der Waals surface area (Å²) in [6.45, 7) is 3.08. The van der Waals surface area contributed by atoms with Crippen LogP contribution in [0.15, 0.2) is 59.2 Å². The molecule has 0 fully saturated rings. The van der Waals surface area contributed by atoms with Crippen LogP contribution < -0.4 is 5.32 Å². The van der Waals surface area contributed by atoms with Crippen LogP contribution in [0.2, 0.25) is 0 Å². The van der Waals surface area contributed by atoms with E-state index in [4.69, 9.17) is 9.47 Å². The molecule has 12 nitrogen and oxygen atoms in total. The van der Waals surface area contributed by atoms with Crippen LogP contribution in [-0.4, -0.2) is 51.1 Å². The van der Waals surface area contributed by atoms with Crippen LogP contribution in [0.3, 0.4) is 0 Å². The molecule has 1 unspecified atom stereocenters. The van der Waals surface area contributed by atoms with E-state index in [9.17, 15) is 29.6 Å². The highest BCUT2D eigenvalue weighted by atomic mass is 16.6. The third kappa shape index (κ3) is 4.95. The summed E-state index contributed by atoms with van der Waals surface area (Å²) in [7, 11) is 0. The lowest BCUT2D eigenvalue weighted by molar-refractivity contribution is -0.384. The lowest BCUT2D eigenvalue weighted by Crippen LogP contribution is -2.37. The lowest BCUT2D eigenvalue weighted by Gasteiger charge is -2.31. The first-order valence-corrected chi connectivity index (χ1v) is 10.3. The van der Waals surface area contributed by atoms with Crippen molar-refractivity contribution >= 4 is 23.6 Å². The van der Waals surface area contributed by atoms with E-state index in [-0.39, 0.29) is 47.7 Å². The Hall–Kier alpha value is -4.48. The van der Waals surface area contributed by atoms with Crippen LogP contribution in [0.25, 0.3) is 0 Å². The van der Waals surface area contributed by atoms with Gasteiger partial charge in [-0.25, -0.2) is 19.4 Å². The number of nitro groups is 1. The summed E-state index contributed by atoms with van der Waals surface area (Å²) in [5, 5.41) is 24.0. The topological polar surface area (TPSA) is 174 Å². The van der Waals surface area contributed by atoms with E-state index in [1.165, 1.54) is 30.5 Å². The van der Waals surface area contributed by atoms with Gasteiger partial charge in [-0.1, -0.05) is 12.1 Å². The van der Waals surface area contributed by atoms with E-state index < -0.39 is 34.4 Å². The van der Waals surface area contributed by atoms with Crippen LogP contribution in [0.1, 0.15) is 31.2 Å². The molecule has 2 heterocycles. The molecule has 0 spiro atoms. The minimum Gasteiger partial charge on any atom is -0.477 e. The molecule has 0 saturated heterocycles. The molecule has 0 radical (unpaired) electrons. The normalized spacial score (nSPS) is 15.5. The first kappa shape index (κ1) is 24.2. The number of imidazole rings is 1. The van der Waals surface area contributed by atoms with Crippen molar-refractivity contribution in [1.29, 1.82) is 0 Å². The summed E-state index contributed by atoms with van der Waals surface area (Å²) in [5.74, 6) is -4.18. The highest BCUT2D eigenvalue weighted by Crippen LogP contribution is 2.41. The maximum absolute atomic E-state index is 13.1. The van der Waals surface area contributed by atoms with E-state index in [2.05, 4.69) is 15.3 Å². The van der Waals surface area contributed by atoms with Gasteiger partial charge in [-0.05, 0) is 19.4 Å². The Morgan fingerprint density at radius 1 is 1.15 bits per heavy atom. The number of non-ortho nitro benzene ring substituents is 1. The number of carbonyl (C=O) groups is 3. The number of nitrogens with one attached hydrogen (secondary N) is 2. The molecule has 1 aromatic carbocycles. The molecule has 3 N–H and O–H groups in total. The summed E-state index contributed by atoms with van der Waals surface area (Å²) in [6.07, 6.45) is 3.01. The predicted molar refractivity (Wildman–Crippen MR) is 116 cm³/mol. The van der Waals surface area contributed by atoms with Gasteiger partial charge in [0, 0.05) is 36.6 Å². The van der Waals surface area contributed by atoms with Crippen molar-refractivity contribution in [2.24, 2.45) is 0 Å². The maximum Gasteiger partial charge on any atom is 0.352 e. The van der Waals surface area contributed by atoms with E-state index in [1.807, 2.05) is 0 Å². The molecule has 12 heteroatoms. The summed E-state index contributed by atoms with van der Waals surface area (Å²) in [6, 6.07) is 5.27. The van der Waals surface area contributed by atoms with Gasteiger partial charge in [-0.15, -0.1) is 0 Å². The monoisotopic (exact) mass is 470 g/mol. The SMILES string of the molecule is CCOC(=O)C1=C(Cc2ncc[nH]2)NC(C(=O)O)=C(C(=O)OCC)C1c1cccc([N+](=O)[O-])c1. The van der Waals surface area contributed by atoms with Gasteiger partial charge in [0.15, 0.2) is 0 Å². The van der Waals surface area contributed by atoms with Crippen molar-refractivity contribution < 1.29 is 33.9 Å². The number of hydrogen-bond donors (Lipinski definition) is 3. The Morgan fingerprint density at radius 2 is 1.82 bits per heavy atom. The zero-order valence-corrected chi connectivity index (χ0v) is 18.4. The minimum atomic E-state index is -1.47. The molecule has 1 atom stereocenters. The Morgan fingerprint density at radius 3 is 2.38 bits per heavy atom. The fraction of sp³-hybridized carbons (Fsp3) is 0.273. The number of hydrogen-bond acceptors (Lipinski definition) is 9. The minimum absolute atomic E-state index is 0.00225. The molecule has 1 aliphatic rings. The molecule has 0 aliphatic carbocycles. The lowest BCUT2D eigenvalue weighted by atomic mass is 9.79. The van der Waals surface area contributed by atoms with Crippen LogP contribution in [0.5, 0.6) is 0 Å². The Kier molecular flexibility index (Phi) is 7.41. The summed E-state index contributed by atoms with van der Waals surface area (Å²) < 4.78 is 10.3. The zero-order chi connectivity index (χ0) is 24.8. The third-order valence-corrected chi connectivity index (χ3v) is 4.97. The first-order chi connectivity index (χ1) is 16.3. The molecule has 1 aliphatic heterocycles. The molecular formula is C22H22N4O8. The first-order valence-electron chi connectivity index (χ1n) is 10.3. The number of carbonyl (C=O) groups excluding carboxylic acids is 2. The number of nitrogens with zero attached hydrogens (tertiary/aromatic N) is 2. The van der Waals surface area contributed by atoms with E-state index >= 15 is 0 Å². The molecule has 1 aromatic heterocycles. The second-order valence-electron chi connectivity index (χ2n) is 7.05. The van der Waals surface area contributed by atoms with Gasteiger partial charge in [0.25, 0.3) is 5.69 Å². The largest absolute Gasteiger partial charge is 0.477 e. The number of carboxylic acid groups (broad SMARTS) is 1. The average Bonchev–Trinajstić information content (AvgIpc) is 3.31. The molecule has 178 valence electrons. The number of benzene rings is 1. The molecule has 3 rings (SSSR count). The molecule has 34 heavy (non-hydrogen) atoms. The van der Waals surface area contributed by atoms with Crippen molar-refractivity contribution in [2.45, 2.75) is 26.2 Å². The number of carboxylic acids is 1. The quantitative estimate of drug-likeness (QED) is 0.279. The van der Waals surface area contributed by atoms with Crippen LogP contribution >= 0.6 is 0 Å². The number of allylic oxidation sites excluding steroid dienone is 1. The number of rotatable bonds is 9. The molecular weight excluding hydrogens is 448 g/mol. The van der Waals surface area contributed by atoms with Gasteiger partial charge in [-0.2, -0.15) is 0 Å². The standard InChI is InChI=1S/C22H22N4O8/c1-3-33-21(29)17-14(11-15-23-8-9-24-15)25-19(20(27)28)18(22(30)34-4-2)16(17)12-6-5-7-13(10-12)26(31)32/h5-10,16,25H,3-4,11H2,1-2H3,(H,23,24)(H,27,28). The third-order valence-electron chi connectivity index (χ3n) is 4.97. The van der Waals surface area contributed by atoms with Crippen molar-refractivity contribution in [3.63, 3.8) is 0 Å². The van der Waals surface area contributed by atoms with Crippen LogP contribution in [-0.2, 0) is 30.3 Å². The summed E-state index contributed by atoms with van der Waals surface area (Å²) >= 11 is 0. The number of esters is 2. The number of nitro benzene ring substituents is 1. The molecule has 0 saturated carbocycles. The molecule has 0 amide bonds. The number of aromatic amines is 1. The maximum atomic E-state index is 13.1. The molecule has 2 aromatic rings. The highest BCUT2D eigenvalue weighted by Gasteiger charge is 2.42. The van der Waals surface area contributed by atoms with Gasteiger partial charge in [0.1, 0.15) is 11.5 Å². The smallest absolute Gasteiger partial charge is 0.352 e. The van der Waals surface area contributed by atoms with Gasteiger partial charge < -0.3 is 24.9 Å². The van der Waals surface area contributed by atoms with E-state index in [0.29, 0.717) is 5.82 Å². The number of aromatic nitrogens is 2. The van der Waals surface area contributed by atoms with Gasteiger partial charge in [0.05, 0.1) is 35.2 Å². The average molecular weight is 470 g/mol. The predicted octanol–water partition coefficient (Wildman–Crippen LogP) is 1.97. The van der Waals surface area contributed by atoms with Crippen molar-refractivity contribution in [2.75, 3.05) is 13.2 Å². The van der Waals surface area contributed by atoms with Gasteiger partial charge >= 0.3 is 17.9 Å². The Labute approximate surface area is 193 Å². The fourth-order valence-corrected chi connectivity index (χ4v) is 3.65. The second kappa shape index (κ2) is 10.4. The fourth-order valence-electron chi connectivity index (χ4n) is 3.65. The van der Waals surface area contributed by atoms with Gasteiger partial charge in [-0.3, -0.25) is 10.1 Å². The number of H-pyrrole nitrogens is 1. The van der Waals surface area contributed by atoms with Gasteiger partial charge in [0.2, 0.25) is 0 Å². The number of ether oxygens (including phenoxy) is 2. The Bertz CT molecular complexity index is 1180. The van der Waals surface area contributed by atoms with Crippen molar-refractivity contribution in [3.05, 3.63) is 80.7 Å². The Balaban J connectivity index is 2.33. The summed E-state index contributed by atoms with van der Waals surface area (Å²) in [4.78, 5) is 56.0. The van der Waals surface area contributed by atoms with E-state index in [0.717, 1.165) is 0 Å². The summed E-state index contributed by atoms with van der Waals surface area (Å²) in [5.41, 5.74) is -0.989. The highest BCUT2D eigenvalue weighted by molar-refractivity contribution is 6.05.